The van der Waals surface area contributed by atoms with Crippen molar-refractivity contribution < 1.29 is 28.0 Å². The molecule has 3 heterocycles. The highest BCUT2D eigenvalue weighted by molar-refractivity contribution is 7.99. The van der Waals surface area contributed by atoms with E-state index in [0.29, 0.717) is 10.9 Å². The summed E-state index contributed by atoms with van der Waals surface area (Å²) in [5, 5.41) is 3.19. The number of hydrogen-bond acceptors (Lipinski definition) is 7. The van der Waals surface area contributed by atoms with E-state index in [4.69, 9.17) is 8.83 Å². The second-order valence-electron chi connectivity index (χ2n) is 6.71. The summed E-state index contributed by atoms with van der Waals surface area (Å²) >= 11 is 1.46. The van der Waals surface area contributed by atoms with Gasteiger partial charge >= 0.3 is 12.0 Å². The first-order valence-corrected chi connectivity index (χ1v) is 10.1. The van der Waals surface area contributed by atoms with Gasteiger partial charge in [0.15, 0.2) is 5.09 Å². The fourth-order valence-electron chi connectivity index (χ4n) is 2.88. The molecule has 2 aromatic heterocycles. The number of furan rings is 2. The lowest BCUT2D eigenvalue weighted by molar-refractivity contribution is -0.123. The molecule has 3 amide bonds. The van der Waals surface area contributed by atoms with Crippen molar-refractivity contribution in [2.75, 3.05) is 7.11 Å². The summed E-state index contributed by atoms with van der Waals surface area (Å²) in [5.41, 5.74) is 1.26. The third kappa shape index (κ3) is 4.56. The van der Waals surface area contributed by atoms with E-state index < -0.39 is 17.9 Å². The first kappa shape index (κ1) is 20.5. The summed E-state index contributed by atoms with van der Waals surface area (Å²) in [7, 11) is 1.23. The number of hydrogen-bond donors (Lipinski definition) is 1. The Labute approximate surface area is 181 Å². The fourth-order valence-corrected chi connectivity index (χ4v) is 3.65. The Morgan fingerprint density at radius 3 is 2.61 bits per heavy atom. The molecule has 0 unspecified atom stereocenters. The van der Waals surface area contributed by atoms with Crippen LogP contribution in [0.15, 0.2) is 73.1 Å². The van der Waals surface area contributed by atoms with E-state index in [1.165, 1.54) is 42.6 Å². The minimum Gasteiger partial charge on any atom is -0.463 e. The van der Waals surface area contributed by atoms with Crippen LogP contribution in [0.4, 0.5) is 4.79 Å². The smallest absolute Gasteiger partial charge is 0.373 e. The lowest BCUT2D eigenvalue weighted by Crippen LogP contribution is -2.30. The standard InChI is InChI=1S/C22H18N2O6S/c1-13-3-7-16(8-4-13)31-19-10-6-14(30-19)11-17-20(25)24(22(27)23-17)12-15-5-9-18(29-15)21(26)28-2/h3-11H,12H2,1-2H3,(H,23,27). The number of nitrogens with one attached hydrogen (secondary N) is 1. The molecule has 1 saturated heterocycles. The van der Waals surface area contributed by atoms with Crippen molar-refractivity contribution in [3.63, 3.8) is 0 Å². The second kappa shape index (κ2) is 8.57. The number of ether oxygens (including phenoxy) is 1. The molecule has 1 aliphatic heterocycles. The van der Waals surface area contributed by atoms with Crippen molar-refractivity contribution in [2.24, 2.45) is 0 Å². The maximum atomic E-state index is 12.6. The number of amides is 3. The van der Waals surface area contributed by atoms with Crippen molar-refractivity contribution >= 4 is 35.7 Å². The van der Waals surface area contributed by atoms with Crippen LogP contribution >= 0.6 is 11.8 Å². The Hall–Kier alpha value is -3.72. The molecule has 9 heteroatoms. The highest BCUT2D eigenvalue weighted by atomic mass is 32.2. The maximum Gasteiger partial charge on any atom is 0.373 e. The maximum absolute atomic E-state index is 12.6. The highest BCUT2D eigenvalue weighted by Crippen LogP contribution is 2.30. The molecule has 4 rings (SSSR count). The number of aryl methyl sites for hydroxylation is 1. The molecule has 0 atom stereocenters. The van der Waals surface area contributed by atoms with Crippen molar-refractivity contribution in [1.29, 1.82) is 0 Å². The average molecular weight is 438 g/mol. The van der Waals surface area contributed by atoms with Gasteiger partial charge in [0.05, 0.1) is 13.7 Å². The largest absolute Gasteiger partial charge is 0.463 e. The molecule has 1 aromatic carbocycles. The summed E-state index contributed by atoms with van der Waals surface area (Å²) in [4.78, 5) is 38.4. The Balaban J connectivity index is 1.44. The molecule has 0 radical (unpaired) electrons. The summed E-state index contributed by atoms with van der Waals surface area (Å²) < 4.78 is 15.7. The molecule has 1 N–H and O–H groups in total. The van der Waals surface area contributed by atoms with Crippen molar-refractivity contribution in [1.82, 2.24) is 10.2 Å². The van der Waals surface area contributed by atoms with Gasteiger partial charge in [-0.05, 0) is 43.3 Å². The van der Waals surface area contributed by atoms with Crippen LogP contribution in [0.5, 0.6) is 0 Å². The van der Waals surface area contributed by atoms with Crippen LogP contribution in [-0.2, 0) is 16.1 Å². The van der Waals surface area contributed by atoms with E-state index in [9.17, 15) is 14.4 Å². The number of rotatable bonds is 6. The number of urea groups is 1. The van der Waals surface area contributed by atoms with Crippen LogP contribution in [0.1, 0.15) is 27.6 Å². The third-order valence-corrected chi connectivity index (χ3v) is 5.38. The van der Waals surface area contributed by atoms with Gasteiger partial charge < -0.3 is 18.9 Å². The van der Waals surface area contributed by atoms with Crippen molar-refractivity contribution in [3.8, 4) is 0 Å². The monoisotopic (exact) mass is 438 g/mol. The van der Waals surface area contributed by atoms with E-state index in [1.807, 2.05) is 31.2 Å². The van der Waals surface area contributed by atoms with Crippen LogP contribution in [-0.4, -0.2) is 29.9 Å². The van der Waals surface area contributed by atoms with E-state index in [2.05, 4.69) is 10.1 Å². The Morgan fingerprint density at radius 1 is 1.10 bits per heavy atom. The molecule has 0 aliphatic carbocycles. The highest BCUT2D eigenvalue weighted by Gasteiger charge is 2.34. The molecule has 1 aliphatic rings. The molecule has 3 aromatic rings. The molecule has 0 bridgehead atoms. The lowest BCUT2D eigenvalue weighted by atomic mass is 10.2. The van der Waals surface area contributed by atoms with Gasteiger partial charge in [0.2, 0.25) is 5.76 Å². The van der Waals surface area contributed by atoms with E-state index >= 15 is 0 Å². The van der Waals surface area contributed by atoms with Crippen LogP contribution in [0.3, 0.4) is 0 Å². The van der Waals surface area contributed by atoms with Gasteiger partial charge in [-0.3, -0.25) is 9.69 Å². The van der Waals surface area contributed by atoms with Gasteiger partial charge in [0, 0.05) is 11.0 Å². The Bertz CT molecular complexity index is 1170. The van der Waals surface area contributed by atoms with Gasteiger partial charge in [-0.2, -0.15) is 0 Å². The molecular weight excluding hydrogens is 420 g/mol. The van der Waals surface area contributed by atoms with E-state index in [1.54, 1.807) is 12.1 Å². The average Bonchev–Trinajstić information content (AvgIpc) is 3.47. The molecule has 31 heavy (non-hydrogen) atoms. The number of nitrogens with zero attached hydrogens (tertiary/aromatic N) is 1. The minimum atomic E-state index is -0.638. The number of carbonyl (C=O) groups is 3. The van der Waals surface area contributed by atoms with Crippen molar-refractivity contribution in [3.05, 3.63) is 77.1 Å². The fraction of sp³-hybridized carbons (Fsp3) is 0.136. The third-order valence-electron chi connectivity index (χ3n) is 4.45. The zero-order valence-electron chi connectivity index (χ0n) is 16.7. The normalized spacial score (nSPS) is 14.9. The first-order chi connectivity index (χ1) is 14.9. The van der Waals surface area contributed by atoms with Crippen LogP contribution in [0.2, 0.25) is 0 Å². The lowest BCUT2D eigenvalue weighted by Gasteiger charge is -2.09. The summed E-state index contributed by atoms with van der Waals surface area (Å²) in [5.74, 6) is -0.452. The van der Waals surface area contributed by atoms with Crippen LogP contribution < -0.4 is 5.32 Å². The number of benzene rings is 1. The van der Waals surface area contributed by atoms with Crippen LogP contribution in [0, 0.1) is 6.92 Å². The van der Waals surface area contributed by atoms with Gasteiger partial charge in [0.1, 0.15) is 17.2 Å². The molecule has 8 nitrogen and oxygen atoms in total. The van der Waals surface area contributed by atoms with Gasteiger partial charge in [-0.15, -0.1) is 0 Å². The number of esters is 1. The molecular formula is C22H18N2O6S. The number of carbonyl (C=O) groups excluding carboxylic acids is 3. The summed E-state index contributed by atoms with van der Waals surface area (Å²) in [6.07, 6.45) is 1.47. The van der Waals surface area contributed by atoms with E-state index in [-0.39, 0.29) is 23.8 Å². The predicted octanol–water partition coefficient (Wildman–Crippen LogP) is 4.21. The van der Waals surface area contributed by atoms with E-state index in [0.717, 1.165) is 9.80 Å². The number of imide groups is 1. The topological polar surface area (TPSA) is 102 Å². The molecule has 0 saturated carbocycles. The van der Waals surface area contributed by atoms with Crippen molar-refractivity contribution in [2.45, 2.75) is 23.5 Å². The predicted molar refractivity (Wildman–Crippen MR) is 111 cm³/mol. The first-order valence-electron chi connectivity index (χ1n) is 9.29. The minimum absolute atomic E-state index is 0.00508. The van der Waals surface area contributed by atoms with Gasteiger partial charge in [-0.25, -0.2) is 9.59 Å². The Kier molecular flexibility index (Phi) is 5.68. The zero-order chi connectivity index (χ0) is 22.0. The zero-order valence-corrected chi connectivity index (χ0v) is 17.5. The summed E-state index contributed by atoms with van der Waals surface area (Å²) in [6, 6.07) is 13.9. The van der Waals surface area contributed by atoms with Crippen LogP contribution in [0.25, 0.3) is 6.08 Å². The number of methoxy groups -OCH3 is 1. The quantitative estimate of drug-likeness (QED) is 0.349. The molecule has 0 spiro atoms. The second-order valence-corrected chi connectivity index (χ2v) is 7.79. The summed E-state index contributed by atoms with van der Waals surface area (Å²) in [6.45, 7) is 1.90. The SMILES string of the molecule is COC(=O)c1ccc(CN2C(=O)NC(=Cc3ccc(Sc4ccc(C)cc4)o3)C2=O)o1. The molecule has 158 valence electrons. The molecule has 1 fully saturated rings. The van der Waals surface area contributed by atoms with Gasteiger partial charge in [0.25, 0.3) is 5.91 Å². The Morgan fingerprint density at radius 2 is 1.87 bits per heavy atom. The van der Waals surface area contributed by atoms with Gasteiger partial charge in [-0.1, -0.05) is 29.5 Å².